The average molecular weight is 569 g/mol. The molecule has 2 aliphatic heterocycles. The highest BCUT2D eigenvalue weighted by molar-refractivity contribution is 14.0. The van der Waals surface area contributed by atoms with Gasteiger partial charge in [-0.15, -0.1) is 24.0 Å². The van der Waals surface area contributed by atoms with E-state index in [1.165, 1.54) is 5.56 Å². The minimum atomic E-state index is -0.000786. The molecule has 0 spiro atoms. The third kappa shape index (κ3) is 6.19. The van der Waals surface area contributed by atoms with E-state index in [0.29, 0.717) is 13.2 Å². The van der Waals surface area contributed by atoms with Gasteiger partial charge in [-0.3, -0.25) is 9.67 Å². The molecule has 33 heavy (non-hydrogen) atoms. The monoisotopic (exact) mass is 569 g/mol. The third-order valence-electron chi connectivity index (χ3n) is 6.49. The SMILES string of the molecule is CCOc1ccc(C2(CNC(=NC)N3CCOC(c4cnn(C)c4)C3)CCOCC2)cc1.I. The smallest absolute Gasteiger partial charge is 0.193 e. The summed E-state index contributed by atoms with van der Waals surface area (Å²) in [6.45, 7) is 7.27. The quantitative estimate of drug-likeness (QED) is 0.328. The molecule has 2 fully saturated rings. The number of nitrogens with one attached hydrogen (secondary N) is 1. The van der Waals surface area contributed by atoms with Crippen molar-refractivity contribution >= 4 is 29.9 Å². The van der Waals surface area contributed by atoms with E-state index in [1.807, 2.05) is 38.1 Å². The third-order valence-corrected chi connectivity index (χ3v) is 6.49. The zero-order chi connectivity index (χ0) is 22.4. The second-order valence-corrected chi connectivity index (χ2v) is 8.50. The molecule has 2 aliphatic rings. The van der Waals surface area contributed by atoms with Crippen molar-refractivity contribution in [2.24, 2.45) is 12.0 Å². The minimum Gasteiger partial charge on any atom is -0.494 e. The van der Waals surface area contributed by atoms with Crippen LogP contribution in [0.25, 0.3) is 0 Å². The Kier molecular flexibility index (Phi) is 9.39. The molecule has 1 unspecified atom stereocenters. The summed E-state index contributed by atoms with van der Waals surface area (Å²) < 4.78 is 19.2. The number of ether oxygens (including phenoxy) is 3. The van der Waals surface area contributed by atoms with Gasteiger partial charge in [0.05, 0.1) is 26.0 Å². The van der Waals surface area contributed by atoms with Gasteiger partial charge in [-0.1, -0.05) is 12.1 Å². The number of hydrogen-bond donors (Lipinski definition) is 1. The second kappa shape index (κ2) is 12.0. The number of hydrogen-bond acceptors (Lipinski definition) is 5. The van der Waals surface area contributed by atoms with E-state index >= 15 is 0 Å². The van der Waals surface area contributed by atoms with Crippen molar-refractivity contribution in [3.05, 3.63) is 47.8 Å². The fourth-order valence-electron chi connectivity index (χ4n) is 4.63. The number of nitrogens with zero attached hydrogens (tertiary/aromatic N) is 4. The summed E-state index contributed by atoms with van der Waals surface area (Å²) in [6, 6.07) is 8.55. The lowest BCUT2D eigenvalue weighted by atomic mass is 9.74. The first-order valence-corrected chi connectivity index (χ1v) is 11.5. The van der Waals surface area contributed by atoms with Crippen LogP contribution in [0, 0.1) is 0 Å². The van der Waals surface area contributed by atoms with Crippen LogP contribution in [0.4, 0.5) is 0 Å². The van der Waals surface area contributed by atoms with Gasteiger partial charge in [0.2, 0.25) is 0 Å². The van der Waals surface area contributed by atoms with Crippen LogP contribution in [0.3, 0.4) is 0 Å². The molecular formula is C24H36IN5O3. The molecular weight excluding hydrogens is 533 g/mol. The predicted molar refractivity (Wildman–Crippen MR) is 140 cm³/mol. The van der Waals surface area contributed by atoms with Crippen molar-refractivity contribution in [1.82, 2.24) is 20.0 Å². The molecule has 1 aromatic heterocycles. The van der Waals surface area contributed by atoms with E-state index in [4.69, 9.17) is 14.2 Å². The Labute approximate surface area is 213 Å². The summed E-state index contributed by atoms with van der Waals surface area (Å²) in [4.78, 5) is 6.88. The summed E-state index contributed by atoms with van der Waals surface area (Å²) in [5.74, 6) is 1.83. The normalized spacial score (nSPS) is 20.8. The molecule has 1 N–H and O–H groups in total. The molecule has 4 rings (SSSR count). The van der Waals surface area contributed by atoms with Crippen LogP contribution in [-0.2, 0) is 21.9 Å². The molecule has 0 radical (unpaired) electrons. The Morgan fingerprint density at radius 1 is 1.24 bits per heavy atom. The highest BCUT2D eigenvalue weighted by Gasteiger charge is 2.35. The zero-order valence-corrected chi connectivity index (χ0v) is 22.2. The Hall–Kier alpha value is -1.85. The Bertz CT molecular complexity index is 896. The second-order valence-electron chi connectivity index (χ2n) is 8.50. The lowest BCUT2D eigenvalue weighted by molar-refractivity contribution is -0.00835. The maximum atomic E-state index is 6.01. The predicted octanol–water partition coefficient (Wildman–Crippen LogP) is 3.13. The molecule has 8 nitrogen and oxygen atoms in total. The fourth-order valence-corrected chi connectivity index (χ4v) is 4.63. The Balaban J connectivity index is 0.00000306. The molecule has 1 atom stereocenters. The lowest BCUT2D eigenvalue weighted by Crippen LogP contribution is -2.52. The van der Waals surface area contributed by atoms with Gasteiger partial charge in [-0.25, -0.2) is 0 Å². The molecule has 2 aromatic rings. The summed E-state index contributed by atoms with van der Waals surface area (Å²) in [5, 5.41) is 7.97. The van der Waals surface area contributed by atoms with Crippen LogP contribution < -0.4 is 10.1 Å². The number of guanidine groups is 1. The lowest BCUT2D eigenvalue weighted by Gasteiger charge is -2.40. The van der Waals surface area contributed by atoms with Gasteiger partial charge in [0, 0.05) is 57.6 Å². The van der Waals surface area contributed by atoms with Crippen LogP contribution in [0.1, 0.15) is 37.0 Å². The molecule has 182 valence electrons. The highest BCUT2D eigenvalue weighted by Crippen LogP contribution is 2.35. The van der Waals surface area contributed by atoms with E-state index in [-0.39, 0.29) is 35.5 Å². The number of aliphatic imine (C=N–C) groups is 1. The molecule has 0 aliphatic carbocycles. The molecule has 1 aromatic carbocycles. The van der Waals surface area contributed by atoms with Crippen LogP contribution in [0.2, 0.25) is 0 Å². The topological polar surface area (TPSA) is 73.1 Å². The van der Waals surface area contributed by atoms with Gasteiger partial charge in [0.25, 0.3) is 0 Å². The number of benzene rings is 1. The fraction of sp³-hybridized carbons (Fsp3) is 0.583. The van der Waals surface area contributed by atoms with Gasteiger partial charge >= 0.3 is 0 Å². The average Bonchev–Trinajstić information content (AvgIpc) is 3.27. The standard InChI is InChI=1S/C24H35N5O3.HI/c1-4-31-21-7-5-20(6-8-21)24(9-12-30-13-10-24)18-26-23(25-2)29-11-14-32-22(17-29)19-15-27-28(3)16-19;/h5-8,15-16,22H,4,9-14,17-18H2,1-3H3,(H,25,26);1H. The van der Waals surface area contributed by atoms with Crippen LogP contribution >= 0.6 is 24.0 Å². The van der Waals surface area contributed by atoms with Gasteiger partial charge in [0.1, 0.15) is 11.9 Å². The molecule has 3 heterocycles. The van der Waals surface area contributed by atoms with E-state index in [0.717, 1.165) is 63.0 Å². The van der Waals surface area contributed by atoms with Crippen LogP contribution in [0.15, 0.2) is 41.7 Å². The van der Waals surface area contributed by atoms with Crippen molar-refractivity contribution in [3.8, 4) is 5.75 Å². The van der Waals surface area contributed by atoms with Gasteiger partial charge in [0.15, 0.2) is 5.96 Å². The summed E-state index contributed by atoms with van der Waals surface area (Å²) in [5.41, 5.74) is 2.43. The van der Waals surface area contributed by atoms with Gasteiger partial charge < -0.3 is 24.4 Å². The van der Waals surface area contributed by atoms with E-state index in [1.54, 1.807) is 0 Å². The summed E-state index contributed by atoms with van der Waals surface area (Å²) >= 11 is 0. The van der Waals surface area contributed by atoms with E-state index in [9.17, 15) is 0 Å². The van der Waals surface area contributed by atoms with Crippen LogP contribution in [0.5, 0.6) is 5.75 Å². The molecule has 0 amide bonds. The number of morpholine rings is 1. The van der Waals surface area contributed by atoms with Crippen molar-refractivity contribution in [3.63, 3.8) is 0 Å². The van der Waals surface area contributed by atoms with E-state index in [2.05, 4.69) is 44.6 Å². The van der Waals surface area contributed by atoms with E-state index < -0.39 is 0 Å². The first-order chi connectivity index (χ1) is 15.6. The number of aromatic nitrogens is 2. The summed E-state index contributed by atoms with van der Waals surface area (Å²) in [7, 11) is 3.78. The largest absolute Gasteiger partial charge is 0.494 e. The molecule has 9 heteroatoms. The van der Waals surface area contributed by atoms with Crippen molar-refractivity contribution in [1.29, 1.82) is 0 Å². The van der Waals surface area contributed by atoms with Gasteiger partial charge in [-0.2, -0.15) is 5.10 Å². The number of rotatable bonds is 6. The first-order valence-electron chi connectivity index (χ1n) is 11.5. The van der Waals surface area contributed by atoms with Crippen molar-refractivity contribution in [2.45, 2.75) is 31.3 Å². The maximum absolute atomic E-state index is 6.01. The number of aryl methyl sites for hydroxylation is 1. The van der Waals surface area contributed by atoms with Gasteiger partial charge in [-0.05, 0) is 37.5 Å². The Morgan fingerprint density at radius 3 is 2.64 bits per heavy atom. The van der Waals surface area contributed by atoms with Crippen molar-refractivity contribution < 1.29 is 14.2 Å². The minimum absolute atomic E-state index is 0. The molecule has 0 saturated carbocycles. The highest BCUT2D eigenvalue weighted by atomic mass is 127. The first kappa shape index (κ1) is 25.8. The van der Waals surface area contributed by atoms with Crippen molar-refractivity contribution in [2.75, 3.05) is 53.1 Å². The molecule has 0 bridgehead atoms. The maximum Gasteiger partial charge on any atom is 0.193 e. The Morgan fingerprint density at radius 2 is 2.00 bits per heavy atom. The summed E-state index contributed by atoms with van der Waals surface area (Å²) in [6.07, 6.45) is 5.86. The van der Waals surface area contributed by atoms with Crippen LogP contribution in [-0.4, -0.2) is 73.7 Å². The molecule has 2 saturated heterocycles. The zero-order valence-electron chi connectivity index (χ0n) is 19.8. The number of halogens is 1.